The number of nitrogens with zero attached hydrogens (tertiary/aromatic N) is 2. The van der Waals surface area contributed by atoms with Gasteiger partial charge in [-0.1, -0.05) is 78.4 Å². The Morgan fingerprint density at radius 1 is 0.829 bits per heavy atom. The predicted octanol–water partition coefficient (Wildman–Crippen LogP) is 4.72. The van der Waals surface area contributed by atoms with Crippen LogP contribution in [0.5, 0.6) is 0 Å². The number of sulfonamides is 1. The summed E-state index contributed by atoms with van der Waals surface area (Å²) in [5.41, 5.74) is 2.90. The number of amides is 2. The molecule has 41 heavy (non-hydrogen) atoms. The van der Waals surface area contributed by atoms with Crippen LogP contribution < -0.4 is 9.62 Å². The summed E-state index contributed by atoms with van der Waals surface area (Å²) >= 11 is 0. The van der Waals surface area contributed by atoms with Crippen LogP contribution in [-0.2, 0) is 32.6 Å². The van der Waals surface area contributed by atoms with Crippen molar-refractivity contribution in [3.63, 3.8) is 0 Å². The lowest BCUT2D eigenvalue weighted by atomic mass is 10.0. The second kappa shape index (κ2) is 13.2. The zero-order valence-electron chi connectivity index (χ0n) is 22.9. The highest BCUT2D eigenvalue weighted by Crippen LogP contribution is 2.25. The first-order valence-corrected chi connectivity index (χ1v) is 14.6. The molecule has 0 saturated heterocycles. The summed E-state index contributed by atoms with van der Waals surface area (Å²) in [4.78, 5) is 28.7. The van der Waals surface area contributed by atoms with Gasteiger partial charge in [-0.15, -0.1) is 0 Å². The van der Waals surface area contributed by atoms with Gasteiger partial charge in [-0.3, -0.25) is 13.9 Å². The van der Waals surface area contributed by atoms with Crippen molar-refractivity contribution in [2.45, 2.75) is 30.8 Å². The van der Waals surface area contributed by atoms with Crippen LogP contribution in [0.2, 0.25) is 0 Å². The Kier molecular flexibility index (Phi) is 9.52. The highest BCUT2D eigenvalue weighted by atomic mass is 32.2. The van der Waals surface area contributed by atoms with E-state index in [-0.39, 0.29) is 29.5 Å². The summed E-state index contributed by atoms with van der Waals surface area (Å²) in [7, 11) is -2.77. The minimum absolute atomic E-state index is 0.0880. The van der Waals surface area contributed by atoms with Crippen LogP contribution >= 0.6 is 0 Å². The number of hydrogen-bond acceptors (Lipinski definition) is 4. The molecule has 7 nitrogen and oxygen atoms in total. The Labute approximate surface area is 240 Å². The molecule has 0 aromatic heterocycles. The number of carbonyl (C=O) groups excluding carboxylic acids is 2. The molecule has 0 aliphatic rings. The topological polar surface area (TPSA) is 86.8 Å². The third kappa shape index (κ3) is 7.37. The highest BCUT2D eigenvalue weighted by molar-refractivity contribution is 7.92. The Morgan fingerprint density at radius 3 is 2.05 bits per heavy atom. The Morgan fingerprint density at radius 2 is 1.44 bits per heavy atom. The van der Waals surface area contributed by atoms with Crippen LogP contribution in [0.15, 0.2) is 114 Å². The first kappa shape index (κ1) is 29.5. The summed E-state index contributed by atoms with van der Waals surface area (Å²) in [6, 6.07) is 28.7. The monoisotopic (exact) mass is 573 g/mol. The number of rotatable bonds is 11. The number of para-hydroxylation sites is 1. The van der Waals surface area contributed by atoms with Crippen molar-refractivity contribution in [3.05, 3.63) is 132 Å². The average molecular weight is 574 g/mol. The molecule has 0 bridgehead atoms. The molecule has 0 aliphatic heterocycles. The maximum Gasteiger partial charge on any atom is 0.264 e. The van der Waals surface area contributed by atoms with Crippen LogP contribution in [0.1, 0.15) is 16.7 Å². The predicted molar refractivity (Wildman–Crippen MR) is 157 cm³/mol. The number of aryl methyl sites for hydroxylation is 1. The van der Waals surface area contributed by atoms with Gasteiger partial charge in [0.2, 0.25) is 11.8 Å². The van der Waals surface area contributed by atoms with Gasteiger partial charge in [0.25, 0.3) is 10.0 Å². The van der Waals surface area contributed by atoms with Crippen molar-refractivity contribution in [2.75, 3.05) is 17.9 Å². The molecule has 0 radical (unpaired) electrons. The Balaban J connectivity index is 1.77. The molecule has 4 aromatic rings. The SMILES string of the molecule is CNC(=O)C(Cc1ccccc1)N(Cc1cccc(C)c1)C(=O)CN(c1ccccc1)S(=O)(=O)c1ccc(F)cc1. The average Bonchev–Trinajstić information content (AvgIpc) is 2.98. The maximum absolute atomic E-state index is 14.2. The molecular formula is C32H32FN3O4S. The van der Waals surface area contributed by atoms with E-state index in [2.05, 4.69) is 5.32 Å². The van der Waals surface area contributed by atoms with Crippen molar-refractivity contribution in [1.29, 1.82) is 0 Å². The minimum atomic E-state index is -4.27. The number of halogens is 1. The van der Waals surface area contributed by atoms with E-state index in [1.807, 2.05) is 61.5 Å². The second-order valence-electron chi connectivity index (χ2n) is 9.63. The van der Waals surface area contributed by atoms with E-state index < -0.39 is 34.3 Å². The lowest BCUT2D eigenvalue weighted by Crippen LogP contribution is -2.53. The number of likely N-dealkylation sites (N-methyl/N-ethyl adjacent to an activating group) is 1. The molecule has 4 rings (SSSR count). The van der Waals surface area contributed by atoms with E-state index in [0.717, 1.165) is 33.1 Å². The van der Waals surface area contributed by atoms with Crippen molar-refractivity contribution in [2.24, 2.45) is 0 Å². The highest BCUT2D eigenvalue weighted by Gasteiger charge is 2.34. The van der Waals surface area contributed by atoms with E-state index in [1.165, 1.54) is 24.1 Å². The van der Waals surface area contributed by atoms with Gasteiger partial charge < -0.3 is 10.2 Å². The van der Waals surface area contributed by atoms with Gasteiger partial charge >= 0.3 is 0 Å². The van der Waals surface area contributed by atoms with Gasteiger partial charge in [0.05, 0.1) is 10.6 Å². The third-order valence-electron chi connectivity index (χ3n) is 6.68. The van der Waals surface area contributed by atoms with E-state index in [0.29, 0.717) is 0 Å². The lowest BCUT2D eigenvalue weighted by Gasteiger charge is -2.33. The number of nitrogens with one attached hydrogen (secondary N) is 1. The molecule has 0 heterocycles. The van der Waals surface area contributed by atoms with E-state index >= 15 is 0 Å². The molecule has 4 aromatic carbocycles. The number of hydrogen-bond donors (Lipinski definition) is 1. The van der Waals surface area contributed by atoms with Crippen molar-refractivity contribution < 1.29 is 22.4 Å². The molecular weight excluding hydrogens is 541 g/mol. The van der Waals surface area contributed by atoms with Crippen LogP contribution in [0.4, 0.5) is 10.1 Å². The fraction of sp³-hybridized carbons (Fsp3) is 0.188. The smallest absolute Gasteiger partial charge is 0.264 e. The maximum atomic E-state index is 14.2. The zero-order chi connectivity index (χ0) is 29.4. The molecule has 0 spiro atoms. The van der Waals surface area contributed by atoms with Gasteiger partial charge in [-0.25, -0.2) is 12.8 Å². The molecule has 1 N–H and O–H groups in total. The first-order valence-electron chi connectivity index (χ1n) is 13.1. The first-order chi connectivity index (χ1) is 19.7. The van der Waals surface area contributed by atoms with Gasteiger partial charge in [0, 0.05) is 20.0 Å². The third-order valence-corrected chi connectivity index (χ3v) is 8.47. The number of benzene rings is 4. The standard InChI is InChI=1S/C32H32FN3O4S/c1-24-10-9-13-26(20-24)22-35(30(32(38)34-2)21-25-11-5-3-6-12-25)31(37)23-36(28-14-7-4-8-15-28)41(39,40)29-18-16-27(33)17-19-29/h3-20,30H,21-23H2,1-2H3,(H,34,38). The normalized spacial score (nSPS) is 11.9. The molecule has 212 valence electrons. The van der Waals surface area contributed by atoms with E-state index in [1.54, 1.807) is 30.3 Å². The molecule has 2 amide bonds. The van der Waals surface area contributed by atoms with Crippen molar-refractivity contribution in [1.82, 2.24) is 10.2 Å². The Hall–Kier alpha value is -4.50. The fourth-order valence-electron chi connectivity index (χ4n) is 4.58. The van der Waals surface area contributed by atoms with Gasteiger partial charge in [0.1, 0.15) is 18.4 Å². The largest absolute Gasteiger partial charge is 0.357 e. The van der Waals surface area contributed by atoms with E-state index in [4.69, 9.17) is 0 Å². The van der Waals surface area contributed by atoms with Crippen LogP contribution in [0.25, 0.3) is 0 Å². The summed E-state index contributed by atoms with van der Waals surface area (Å²) in [6.45, 7) is 1.45. The second-order valence-corrected chi connectivity index (χ2v) is 11.5. The number of carbonyl (C=O) groups is 2. The molecule has 0 saturated carbocycles. The minimum Gasteiger partial charge on any atom is -0.357 e. The van der Waals surface area contributed by atoms with Crippen LogP contribution in [0.3, 0.4) is 0 Å². The zero-order valence-corrected chi connectivity index (χ0v) is 23.7. The molecule has 1 unspecified atom stereocenters. The molecule has 0 aliphatic carbocycles. The van der Waals surface area contributed by atoms with Gasteiger partial charge in [0.15, 0.2) is 0 Å². The summed E-state index contributed by atoms with van der Waals surface area (Å²) < 4.78 is 42.2. The molecule has 9 heteroatoms. The van der Waals surface area contributed by atoms with Gasteiger partial charge in [-0.05, 0) is 54.4 Å². The molecule has 0 fully saturated rings. The number of anilines is 1. The fourth-order valence-corrected chi connectivity index (χ4v) is 6.00. The quantitative estimate of drug-likeness (QED) is 0.282. The van der Waals surface area contributed by atoms with Crippen LogP contribution in [-0.4, -0.2) is 44.8 Å². The summed E-state index contributed by atoms with van der Waals surface area (Å²) in [5, 5.41) is 2.66. The summed E-state index contributed by atoms with van der Waals surface area (Å²) in [5.74, 6) is -1.52. The molecule has 1 atom stereocenters. The van der Waals surface area contributed by atoms with Gasteiger partial charge in [-0.2, -0.15) is 0 Å². The lowest BCUT2D eigenvalue weighted by molar-refractivity contribution is -0.139. The van der Waals surface area contributed by atoms with Crippen LogP contribution in [0, 0.1) is 12.7 Å². The summed E-state index contributed by atoms with van der Waals surface area (Å²) in [6.07, 6.45) is 0.230. The Bertz CT molecular complexity index is 1580. The van der Waals surface area contributed by atoms with Crippen molar-refractivity contribution in [3.8, 4) is 0 Å². The van der Waals surface area contributed by atoms with Crippen molar-refractivity contribution >= 4 is 27.5 Å². The van der Waals surface area contributed by atoms with E-state index in [9.17, 15) is 22.4 Å².